The molecular weight excluding hydrogens is 1020 g/mol. The summed E-state index contributed by atoms with van der Waals surface area (Å²) in [6.45, 7) is 12.0. The molecule has 9 rings (SSSR count). The molecular formula is C58H71F3N10O8. The number of carbonyl (C=O) groups is 6. The van der Waals surface area contributed by atoms with Crippen LogP contribution in [0.15, 0.2) is 78.9 Å². The Morgan fingerprint density at radius 2 is 1.59 bits per heavy atom. The van der Waals surface area contributed by atoms with E-state index in [1.54, 1.807) is 50.1 Å². The Bertz CT molecular complexity index is 2910. The van der Waals surface area contributed by atoms with Crippen LogP contribution < -0.4 is 36.8 Å². The molecule has 0 aliphatic carbocycles. The Kier molecular flexibility index (Phi) is 17.8. The number of benzene rings is 4. The van der Waals surface area contributed by atoms with Gasteiger partial charge in [0.05, 0.1) is 37.8 Å². The predicted octanol–water partition coefficient (Wildman–Crippen LogP) is 3.98. The molecule has 422 valence electrons. The molecule has 0 spiro atoms. The third-order valence-electron chi connectivity index (χ3n) is 16.2. The van der Waals surface area contributed by atoms with Crippen LogP contribution in [0.5, 0.6) is 0 Å². The van der Waals surface area contributed by atoms with Gasteiger partial charge in [-0.1, -0.05) is 36.4 Å². The second kappa shape index (κ2) is 24.7. The number of hydrogen-bond acceptors (Lipinski definition) is 12. The van der Waals surface area contributed by atoms with Gasteiger partial charge in [0, 0.05) is 82.0 Å². The van der Waals surface area contributed by atoms with Crippen LogP contribution in [0.2, 0.25) is 0 Å². The van der Waals surface area contributed by atoms with Gasteiger partial charge in [-0.15, -0.1) is 0 Å². The minimum absolute atomic E-state index is 0.00729. The fraction of sp³-hybridized carbons (Fsp3) is 0.483. The van der Waals surface area contributed by atoms with Crippen LogP contribution in [0.1, 0.15) is 74.4 Å². The SMILES string of the molecule is CNC(C)C(=O)NC(C(=O)N1Cc2cc(NC(=O)CNC(=O)C3(C)CN(C(=O)CN4C[C@@H](C)NC[C@@H]4CN4CCOCC4C)c4cc(Cc5ccc(F)cc5)ccc43)ccc2[C@H]1C(=O)Nc1c(F)cccc1F)C1CCOCC1. The standard InChI is InChI=1S/C58H71F3N10O8/c1-34-28-69(43(26-63-34)30-68-19-22-79-32-35(68)2)31-50(73)71-33-58(4,45-16-11-38(24-48(45)71)23-37-9-12-41(59)13-10-37)57(77)64-27-49(72)65-42-14-15-44-40(25-42)29-70(53(44)55(75)67-52-46(60)7-6-8-47(52)61)56(76)51(39-17-20-78-21-18-39)66-54(74)36(3)62-5/h6-16,24-25,34-36,39,43,51,53,62-63H,17-23,26-33H2,1-5H3,(H,64,77)(H,65,72)(H,66,74)(H,67,75)/t34-,35?,36?,43-,51?,53+,58?/m1/s1. The molecule has 5 aliphatic heterocycles. The largest absolute Gasteiger partial charge is 0.381 e. The number of para-hydroxylation sites is 1. The van der Waals surface area contributed by atoms with E-state index in [4.69, 9.17) is 9.47 Å². The molecule has 6 N–H and O–H groups in total. The van der Waals surface area contributed by atoms with Crippen molar-refractivity contribution in [1.29, 1.82) is 0 Å². The van der Waals surface area contributed by atoms with E-state index >= 15 is 0 Å². The molecule has 6 amide bonds. The van der Waals surface area contributed by atoms with Gasteiger partial charge in [0.2, 0.25) is 29.5 Å². The second-order valence-electron chi connectivity index (χ2n) is 21.8. The van der Waals surface area contributed by atoms with E-state index in [1.165, 1.54) is 23.1 Å². The summed E-state index contributed by atoms with van der Waals surface area (Å²) in [6.07, 6.45) is 1.35. The van der Waals surface area contributed by atoms with Crippen LogP contribution in [0.3, 0.4) is 0 Å². The number of anilines is 3. The number of amides is 6. The molecule has 79 heavy (non-hydrogen) atoms. The van der Waals surface area contributed by atoms with E-state index in [2.05, 4.69) is 55.5 Å². The molecule has 21 heteroatoms. The maximum absolute atomic E-state index is 14.9. The van der Waals surface area contributed by atoms with Gasteiger partial charge in [-0.05, 0) is 130 Å². The van der Waals surface area contributed by atoms with Crippen LogP contribution in [-0.4, -0.2) is 160 Å². The second-order valence-corrected chi connectivity index (χ2v) is 21.8. The van der Waals surface area contributed by atoms with Crippen molar-refractivity contribution in [2.45, 2.75) is 95.2 Å². The summed E-state index contributed by atoms with van der Waals surface area (Å²) >= 11 is 0. The Hall–Kier alpha value is -6.75. The number of morpholine rings is 1. The van der Waals surface area contributed by atoms with E-state index in [9.17, 15) is 41.9 Å². The van der Waals surface area contributed by atoms with Crippen molar-refractivity contribution in [2.75, 3.05) is 94.8 Å². The van der Waals surface area contributed by atoms with Crippen LogP contribution in [-0.2, 0) is 56.6 Å². The quantitative estimate of drug-likeness (QED) is 0.0889. The smallest absolute Gasteiger partial charge is 0.252 e. The van der Waals surface area contributed by atoms with Crippen LogP contribution >= 0.6 is 0 Å². The van der Waals surface area contributed by atoms with Gasteiger partial charge in [-0.25, -0.2) is 13.2 Å². The zero-order valence-corrected chi connectivity index (χ0v) is 45.3. The number of fused-ring (bicyclic) bond motifs is 2. The van der Waals surface area contributed by atoms with Crippen molar-refractivity contribution in [3.8, 4) is 0 Å². The number of rotatable bonds is 17. The average molecular weight is 1090 g/mol. The highest BCUT2D eigenvalue weighted by atomic mass is 19.1. The molecule has 0 saturated carbocycles. The van der Waals surface area contributed by atoms with Crippen molar-refractivity contribution in [1.82, 2.24) is 36.0 Å². The summed E-state index contributed by atoms with van der Waals surface area (Å²) in [6, 6.07) is 17.0. The Balaban J connectivity index is 0.925. The lowest BCUT2D eigenvalue weighted by molar-refractivity contribution is -0.144. The van der Waals surface area contributed by atoms with E-state index in [-0.39, 0.29) is 61.1 Å². The summed E-state index contributed by atoms with van der Waals surface area (Å²) in [7, 11) is 1.61. The maximum Gasteiger partial charge on any atom is 0.252 e. The van der Waals surface area contributed by atoms with E-state index < -0.39 is 76.9 Å². The zero-order valence-electron chi connectivity index (χ0n) is 45.3. The highest BCUT2D eigenvalue weighted by Gasteiger charge is 2.48. The molecule has 18 nitrogen and oxygen atoms in total. The van der Waals surface area contributed by atoms with Gasteiger partial charge in [0.1, 0.15) is 35.2 Å². The van der Waals surface area contributed by atoms with Crippen molar-refractivity contribution >= 4 is 52.5 Å². The summed E-state index contributed by atoms with van der Waals surface area (Å²) in [5, 5.41) is 17.3. The molecule has 0 radical (unpaired) electrons. The lowest BCUT2D eigenvalue weighted by atomic mass is 9.83. The summed E-state index contributed by atoms with van der Waals surface area (Å²) in [5.74, 6) is -5.92. The van der Waals surface area contributed by atoms with Crippen molar-refractivity contribution < 1.29 is 51.4 Å². The molecule has 5 heterocycles. The highest BCUT2D eigenvalue weighted by molar-refractivity contribution is 6.05. The van der Waals surface area contributed by atoms with Crippen LogP contribution in [0.4, 0.5) is 30.2 Å². The topological polar surface area (TPSA) is 206 Å². The van der Waals surface area contributed by atoms with Gasteiger partial charge in [0.15, 0.2) is 0 Å². The van der Waals surface area contributed by atoms with Crippen LogP contribution in [0.25, 0.3) is 0 Å². The number of likely N-dealkylation sites (N-methyl/N-ethyl adjacent to an activating group) is 1. The maximum atomic E-state index is 14.9. The monoisotopic (exact) mass is 1090 g/mol. The average Bonchev–Trinajstić information content (AvgIpc) is 4.14. The Labute approximate surface area is 458 Å². The third-order valence-corrected chi connectivity index (χ3v) is 16.2. The number of carbonyl (C=O) groups excluding carboxylic acids is 6. The normalized spacial score (nSPS) is 23.3. The molecule has 4 unspecified atom stereocenters. The fourth-order valence-electron chi connectivity index (χ4n) is 11.5. The number of nitrogens with zero attached hydrogens (tertiary/aromatic N) is 4. The van der Waals surface area contributed by atoms with Gasteiger partial charge in [0.25, 0.3) is 5.91 Å². The molecule has 3 saturated heterocycles. The molecule has 7 atom stereocenters. The number of nitrogens with one attached hydrogen (secondary N) is 6. The lowest BCUT2D eigenvalue weighted by Crippen LogP contribution is -2.62. The molecule has 5 aliphatic rings. The first-order valence-electron chi connectivity index (χ1n) is 27.2. The van der Waals surface area contributed by atoms with Crippen molar-refractivity contribution in [2.24, 2.45) is 5.92 Å². The lowest BCUT2D eigenvalue weighted by Gasteiger charge is -2.43. The minimum Gasteiger partial charge on any atom is -0.381 e. The Morgan fingerprint density at radius 3 is 2.32 bits per heavy atom. The number of ether oxygens (including phenoxy) is 2. The fourth-order valence-corrected chi connectivity index (χ4v) is 11.5. The highest BCUT2D eigenvalue weighted by Crippen LogP contribution is 2.43. The minimum atomic E-state index is -1.40. The molecule has 0 bridgehead atoms. The van der Waals surface area contributed by atoms with E-state index in [0.29, 0.717) is 81.2 Å². The summed E-state index contributed by atoms with van der Waals surface area (Å²) < 4.78 is 55.0. The van der Waals surface area contributed by atoms with Gasteiger partial charge in [-0.3, -0.25) is 38.6 Å². The molecule has 3 fully saturated rings. The number of hydrogen-bond donors (Lipinski definition) is 6. The summed E-state index contributed by atoms with van der Waals surface area (Å²) in [5.41, 5.74) is 2.00. The number of piperazine rings is 1. The molecule has 4 aromatic rings. The van der Waals surface area contributed by atoms with Crippen molar-refractivity contribution in [3.05, 3.63) is 124 Å². The van der Waals surface area contributed by atoms with E-state index in [1.807, 2.05) is 18.2 Å². The summed E-state index contributed by atoms with van der Waals surface area (Å²) in [4.78, 5) is 93.0. The number of halogens is 3. The van der Waals surface area contributed by atoms with Crippen molar-refractivity contribution in [3.63, 3.8) is 0 Å². The first-order chi connectivity index (χ1) is 37.9. The van der Waals surface area contributed by atoms with Gasteiger partial charge in [-0.2, -0.15) is 0 Å². The predicted molar refractivity (Wildman–Crippen MR) is 290 cm³/mol. The zero-order chi connectivity index (χ0) is 56.1. The Morgan fingerprint density at radius 1 is 0.861 bits per heavy atom. The first-order valence-corrected chi connectivity index (χ1v) is 27.2. The van der Waals surface area contributed by atoms with Gasteiger partial charge >= 0.3 is 0 Å². The first kappa shape index (κ1) is 57.0. The molecule has 0 aromatic heterocycles. The van der Waals surface area contributed by atoms with Crippen LogP contribution in [0, 0.1) is 23.4 Å². The third kappa shape index (κ3) is 12.8. The molecule has 4 aromatic carbocycles. The van der Waals surface area contributed by atoms with E-state index in [0.717, 1.165) is 42.4 Å². The van der Waals surface area contributed by atoms with Gasteiger partial charge < -0.3 is 51.2 Å².